The third-order valence-corrected chi connectivity index (χ3v) is 5.80. The Balaban J connectivity index is 1.43. The van der Waals surface area contributed by atoms with Gasteiger partial charge in [0.15, 0.2) is 0 Å². The van der Waals surface area contributed by atoms with Gasteiger partial charge < -0.3 is 0 Å². The zero-order valence-electron chi connectivity index (χ0n) is 11.9. The largest absolute Gasteiger partial charge is 0.298 e. The maximum atomic E-state index is 3.85. The Morgan fingerprint density at radius 1 is 1.00 bits per heavy atom. The maximum Gasteiger partial charge on any atom is 0.0897 e. The van der Waals surface area contributed by atoms with Crippen LogP contribution in [0.4, 0.5) is 5.69 Å². The molecule has 2 aromatic rings. The molecule has 108 valence electrons. The van der Waals surface area contributed by atoms with Gasteiger partial charge in [-0.1, -0.05) is 48.5 Å². The number of aryl methyl sites for hydroxylation is 1. The molecule has 0 amide bonds. The lowest BCUT2D eigenvalue weighted by Crippen LogP contribution is -2.44. The molecular formula is C18H19IN2. The normalized spacial score (nSPS) is 27.3. The van der Waals surface area contributed by atoms with Gasteiger partial charge in [0.25, 0.3) is 0 Å². The van der Waals surface area contributed by atoms with E-state index in [1.165, 1.54) is 36.1 Å². The maximum absolute atomic E-state index is 3.85. The van der Waals surface area contributed by atoms with E-state index >= 15 is 0 Å². The first-order chi connectivity index (χ1) is 10.3. The predicted molar refractivity (Wildman–Crippen MR) is 95.8 cm³/mol. The molecule has 0 saturated heterocycles. The fraction of sp³-hybridized carbons (Fsp3) is 0.333. The lowest BCUT2D eigenvalue weighted by Gasteiger charge is -2.34. The van der Waals surface area contributed by atoms with Crippen LogP contribution in [0.3, 0.4) is 0 Å². The number of fused-ring (bicyclic) bond motifs is 1. The molecule has 4 rings (SSSR count). The number of hydrogen-bond acceptors (Lipinski definition) is 2. The highest BCUT2D eigenvalue weighted by atomic mass is 127. The standard InChI is InChI=1S/C18H19IN2/c19-21-17-9-5-4-8-14(17)10-11-18(21)20-16-12-15(16)13-6-2-1-3-7-13/h1-9,15-16,18,20H,10-12H2. The zero-order chi connectivity index (χ0) is 14.2. The summed E-state index contributed by atoms with van der Waals surface area (Å²) >= 11 is 2.46. The molecule has 1 N–H and O–H groups in total. The van der Waals surface area contributed by atoms with Gasteiger partial charge in [0.05, 0.1) is 34.7 Å². The van der Waals surface area contributed by atoms with Crippen molar-refractivity contribution in [2.45, 2.75) is 37.4 Å². The molecule has 0 spiro atoms. The predicted octanol–water partition coefficient (Wildman–Crippen LogP) is 4.26. The van der Waals surface area contributed by atoms with Crippen molar-refractivity contribution < 1.29 is 0 Å². The Morgan fingerprint density at radius 3 is 2.62 bits per heavy atom. The van der Waals surface area contributed by atoms with Gasteiger partial charge in [0.2, 0.25) is 0 Å². The molecule has 0 bridgehead atoms. The quantitative estimate of drug-likeness (QED) is 0.623. The van der Waals surface area contributed by atoms with Crippen LogP contribution >= 0.6 is 22.9 Å². The van der Waals surface area contributed by atoms with Crippen molar-refractivity contribution in [2.24, 2.45) is 0 Å². The van der Waals surface area contributed by atoms with Crippen LogP contribution in [0.2, 0.25) is 0 Å². The van der Waals surface area contributed by atoms with Gasteiger partial charge in [-0.15, -0.1) is 0 Å². The topological polar surface area (TPSA) is 15.3 Å². The number of halogens is 1. The van der Waals surface area contributed by atoms with Crippen molar-refractivity contribution in [3.63, 3.8) is 0 Å². The average molecular weight is 390 g/mol. The van der Waals surface area contributed by atoms with Gasteiger partial charge in [-0.05, 0) is 36.5 Å². The molecule has 2 nitrogen and oxygen atoms in total. The summed E-state index contributed by atoms with van der Waals surface area (Å²) in [6.45, 7) is 0. The number of anilines is 1. The smallest absolute Gasteiger partial charge is 0.0897 e. The number of nitrogens with one attached hydrogen (secondary N) is 1. The molecule has 2 aromatic carbocycles. The molecular weight excluding hydrogens is 371 g/mol. The highest BCUT2D eigenvalue weighted by molar-refractivity contribution is 14.1. The number of nitrogens with zero attached hydrogens (tertiary/aromatic N) is 1. The number of benzene rings is 2. The lowest BCUT2D eigenvalue weighted by atomic mass is 10.0. The van der Waals surface area contributed by atoms with Crippen molar-refractivity contribution in [1.29, 1.82) is 0 Å². The third-order valence-electron chi connectivity index (χ3n) is 4.61. The fourth-order valence-corrected chi connectivity index (χ4v) is 4.26. The Kier molecular flexibility index (Phi) is 3.63. The van der Waals surface area contributed by atoms with E-state index in [4.69, 9.17) is 0 Å². The summed E-state index contributed by atoms with van der Waals surface area (Å²) < 4.78 is 2.39. The van der Waals surface area contributed by atoms with Gasteiger partial charge in [0.1, 0.15) is 0 Å². The van der Waals surface area contributed by atoms with Crippen molar-refractivity contribution in [3.8, 4) is 0 Å². The van der Waals surface area contributed by atoms with Crippen LogP contribution in [0.5, 0.6) is 0 Å². The van der Waals surface area contributed by atoms with Crippen LogP contribution in [-0.2, 0) is 6.42 Å². The zero-order valence-corrected chi connectivity index (χ0v) is 14.0. The van der Waals surface area contributed by atoms with Crippen LogP contribution in [0.25, 0.3) is 0 Å². The summed E-state index contributed by atoms with van der Waals surface area (Å²) in [6.07, 6.45) is 4.10. The second kappa shape index (κ2) is 5.61. The van der Waals surface area contributed by atoms with Crippen LogP contribution in [-0.4, -0.2) is 12.2 Å². The summed E-state index contributed by atoms with van der Waals surface area (Å²) in [7, 11) is 0. The second-order valence-electron chi connectivity index (χ2n) is 6.02. The minimum Gasteiger partial charge on any atom is -0.298 e. The molecule has 3 unspecified atom stereocenters. The van der Waals surface area contributed by atoms with Crippen molar-refractivity contribution in [1.82, 2.24) is 5.32 Å². The Labute approximate surface area is 140 Å². The minimum atomic E-state index is 0.458. The molecule has 2 aliphatic rings. The number of rotatable bonds is 3. The van der Waals surface area contributed by atoms with E-state index in [1.54, 1.807) is 0 Å². The van der Waals surface area contributed by atoms with Crippen LogP contribution in [0.15, 0.2) is 54.6 Å². The van der Waals surface area contributed by atoms with E-state index in [1.807, 2.05) is 0 Å². The molecule has 1 saturated carbocycles. The van der Waals surface area contributed by atoms with E-state index in [2.05, 4.69) is 85.9 Å². The third kappa shape index (κ3) is 2.69. The Morgan fingerprint density at radius 2 is 1.76 bits per heavy atom. The van der Waals surface area contributed by atoms with Gasteiger partial charge >= 0.3 is 0 Å². The first-order valence-electron chi connectivity index (χ1n) is 7.67. The van der Waals surface area contributed by atoms with Gasteiger partial charge in [-0.2, -0.15) is 0 Å². The van der Waals surface area contributed by atoms with Crippen molar-refractivity contribution in [2.75, 3.05) is 3.11 Å². The lowest BCUT2D eigenvalue weighted by molar-refractivity contribution is 0.487. The number of hydrogen-bond donors (Lipinski definition) is 1. The molecule has 21 heavy (non-hydrogen) atoms. The Bertz CT molecular complexity index is 628. The highest BCUT2D eigenvalue weighted by Crippen LogP contribution is 2.42. The monoisotopic (exact) mass is 390 g/mol. The molecule has 1 fully saturated rings. The Hall–Kier alpha value is -1.07. The SMILES string of the molecule is IN1c2ccccc2CCC1NC1CC1c1ccccc1. The van der Waals surface area contributed by atoms with Gasteiger partial charge in [-0.3, -0.25) is 8.43 Å². The van der Waals surface area contributed by atoms with E-state index in [0.29, 0.717) is 18.1 Å². The van der Waals surface area contributed by atoms with Crippen molar-refractivity contribution in [3.05, 3.63) is 65.7 Å². The minimum absolute atomic E-state index is 0.458. The first kappa shape index (κ1) is 13.6. The van der Waals surface area contributed by atoms with Gasteiger partial charge in [-0.25, -0.2) is 0 Å². The number of para-hydroxylation sites is 1. The first-order valence-corrected chi connectivity index (χ1v) is 8.63. The molecule has 1 heterocycles. The highest BCUT2D eigenvalue weighted by Gasteiger charge is 2.40. The average Bonchev–Trinajstić information content (AvgIpc) is 3.31. The summed E-state index contributed by atoms with van der Waals surface area (Å²) in [5.41, 5.74) is 4.32. The molecule has 1 aliphatic carbocycles. The van der Waals surface area contributed by atoms with Crippen molar-refractivity contribution >= 4 is 28.6 Å². The second-order valence-corrected chi connectivity index (χ2v) is 7.06. The summed E-state index contributed by atoms with van der Waals surface area (Å²) in [6, 6.07) is 20.3. The van der Waals surface area contributed by atoms with Crippen LogP contribution in [0, 0.1) is 0 Å². The molecule has 3 heteroatoms. The molecule has 1 aliphatic heterocycles. The molecule has 0 aromatic heterocycles. The van der Waals surface area contributed by atoms with E-state index in [9.17, 15) is 0 Å². The summed E-state index contributed by atoms with van der Waals surface area (Å²) in [4.78, 5) is 0. The molecule has 0 radical (unpaired) electrons. The summed E-state index contributed by atoms with van der Waals surface area (Å²) in [5.74, 6) is 0.702. The van der Waals surface area contributed by atoms with Crippen LogP contribution < -0.4 is 8.43 Å². The van der Waals surface area contributed by atoms with E-state index in [-0.39, 0.29) is 0 Å². The van der Waals surface area contributed by atoms with Crippen LogP contribution in [0.1, 0.15) is 29.9 Å². The molecule has 3 atom stereocenters. The van der Waals surface area contributed by atoms with E-state index in [0.717, 1.165) is 0 Å². The van der Waals surface area contributed by atoms with E-state index < -0.39 is 0 Å². The van der Waals surface area contributed by atoms with Gasteiger partial charge in [0, 0.05) is 12.0 Å². The fourth-order valence-electron chi connectivity index (χ4n) is 3.35. The summed E-state index contributed by atoms with van der Waals surface area (Å²) in [5, 5.41) is 3.85.